The maximum absolute atomic E-state index is 11.3. The molecule has 0 aliphatic heterocycles. The molecule has 0 aliphatic carbocycles. The Kier molecular flexibility index (Phi) is 4.38. The van der Waals surface area contributed by atoms with Crippen LogP contribution in [0, 0.1) is 0 Å². The molecule has 0 bridgehead atoms. The first-order valence-corrected chi connectivity index (χ1v) is 7.85. The average molecular weight is 305 g/mol. The van der Waals surface area contributed by atoms with Gasteiger partial charge in [-0.1, -0.05) is 67.0 Å². The summed E-state index contributed by atoms with van der Waals surface area (Å²) >= 11 is 0. The van der Waals surface area contributed by atoms with Crippen molar-refractivity contribution >= 4 is 5.78 Å². The van der Waals surface area contributed by atoms with Gasteiger partial charge in [0.25, 0.3) is 0 Å². The highest BCUT2D eigenvalue weighted by atomic mass is 16.5. The lowest BCUT2D eigenvalue weighted by molar-refractivity contribution is 0.101. The van der Waals surface area contributed by atoms with Gasteiger partial charge in [0.2, 0.25) is 0 Å². The summed E-state index contributed by atoms with van der Waals surface area (Å²) in [5.41, 5.74) is 4.75. The molecule has 0 saturated heterocycles. The van der Waals surface area contributed by atoms with Gasteiger partial charge in [-0.05, 0) is 18.9 Å². The van der Waals surface area contributed by atoms with Crippen molar-refractivity contribution in [2.45, 2.75) is 26.7 Å². The van der Waals surface area contributed by atoms with Crippen molar-refractivity contribution in [3.8, 4) is 22.6 Å². The molecule has 0 amide bonds. The van der Waals surface area contributed by atoms with E-state index in [1.165, 1.54) is 5.56 Å². The second-order valence-electron chi connectivity index (χ2n) is 5.66. The van der Waals surface area contributed by atoms with Gasteiger partial charge < -0.3 is 4.52 Å². The van der Waals surface area contributed by atoms with E-state index in [-0.39, 0.29) is 5.78 Å². The lowest BCUT2D eigenvalue weighted by Crippen LogP contribution is -1.90. The molecule has 3 rings (SSSR count). The summed E-state index contributed by atoms with van der Waals surface area (Å²) in [4.78, 5) is 11.3. The van der Waals surface area contributed by atoms with E-state index in [4.69, 9.17) is 4.52 Å². The molecule has 3 nitrogen and oxygen atoms in total. The van der Waals surface area contributed by atoms with Crippen LogP contribution >= 0.6 is 0 Å². The van der Waals surface area contributed by atoms with E-state index in [1.807, 2.05) is 30.3 Å². The second kappa shape index (κ2) is 6.61. The van der Waals surface area contributed by atoms with E-state index < -0.39 is 0 Å². The monoisotopic (exact) mass is 305 g/mol. The summed E-state index contributed by atoms with van der Waals surface area (Å²) in [5.74, 6) is 0.809. The lowest BCUT2D eigenvalue weighted by Gasteiger charge is -1.99. The number of carbonyl (C=O) groups is 1. The Hall–Kier alpha value is -2.68. The zero-order valence-electron chi connectivity index (χ0n) is 13.4. The summed E-state index contributed by atoms with van der Waals surface area (Å²) in [6.45, 7) is 3.74. The molecule has 0 atom stereocenters. The zero-order chi connectivity index (χ0) is 16.2. The van der Waals surface area contributed by atoms with Crippen molar-refractivity contribution in [1.29, 1.82) is 0 Å². The van der Waals surface area contributed by atoms with Crippen LogP contribution < -0.4 is 0 Å². The summed E-state index contributed by atoms with van der Waals surface area (Å²) in [6, 6.07) is 17.7. The van der Waals surface area contributed by atoms with Crippen LogP contribution in [0.4, 0.5) is 0 Å². The number of Topliss-reactive ketones (excluding diaryl/α,β-unsaturated/α-hetero) is 1. The summed E-state index contributed by atoms with van der Waals surface area (Å²) < 4.78 is 5.47. The maximum Gasteiger partial charge on any atom is 0.167 e. The number of rotatable bonds is 5. The van der Waals surface area contributed by atoms with E-state index in [2.05, 4.69) is 36.3 Å². The molecule has 0 spiro atoms. The van der Waals surface area contributed by atoms with E-state index >= 15 is 0 Å². The molecule has 2 aromatic carbocycles. The fourth-order valence-electron chi connectivity index (χ4n) is 2.55. The van der Waals surface area contributed by atoms with Crippen molar-refractivity contribution in [3.63, 3.8) is 0 Å². The van der Waals surface area contributed by atoms with Crippen LogP contribution in [-0.2, 0) is 6.42 Å². The van der Waals surface area contributed by atoms with E-state index in [0.29, 0.717) is 5.56 Å². The Balaban J connectivity index is 1.83. The molecule has 0 aliphatic rings. The van der Waals surface area contributed by atoms with E-state index in [9.17, 15) is 4.79 Å². The highest BCUT2D eigenvalue weighted by molar-refractivity contribution is 5.94. The predicted octanol–water partition coefficient (Wildman–Crippen LogP) is 5.16. The normalized spacial score (nSPS) is 10.7. The van der Waals surface area contributed by atoms with Crippen LogP contribution in [0.2, 0.25) is 0 Å². The summed E-state index contributed by atoms with van der Waals surface area (Å²) in [5, 5.41) is 4.14. The minimum Gasteiger partial charge on any atom is -0.356 e. The molecule has 0 fully saturated rings. The molecule has 3 heteroatoms. The van der Waals surface area contributed by atoms with Crippen molar-refractivity contribution < 1.29 is 9.32 Å². The number of nitrogens with zero attached hydrogens (tertiary/aromatic N) is 1. The maximum atomic E-state index is 11.3. The third-order valence-electron chi connectivity index (χ3n) is 3.87. The van der Waals surface area contributed by atoms with Gasteiger partial charge in [0.15, 0.2) is 11.5 Å². The highest BCUT2D eigenvalue weighted by Gasteiger charge is 2.09. The Morgan fingerprint density at radius 3 is 2.26 bits per heavy atom. The average Bonchev–Trinajstić information content (AvgIpc) is 3.06. The number of hydrogen-bond acceptors (Lipinski definition) is 3. The lowest BCUT2D eigenvalue weighted by atomic mass is 10.0. The number of carbonyl (C=O) groups excluding carboxylic acids is 1. The van der Waals surface area contributed by atoms with Crippen LogP contribution in [0.1, 0.15) is 36.2 Å². The number of hydrogen-bond donors (Lipinski definition) is 0. The van der Waals surface area contributed by atoms with Crippen molar-refractivity contribution in [1.82, 2.24) is 5.16 Å². The van der Waals surface area contributed by atoms with E-state index in [0.717, 1.165) is 35.4 Å². The van der Waals surface area contributed by atoms with Crippen LogP contribution in [0.25, 0.3) is 22.6 Å². The van der Waals surface area contributed by atoms with Crippen LogP contribution in [0.15, 0.2) is 59.1 Å². The topological polar surface area (TPSA) is 43.1 Å². The minimum atomic E-state index is 0.0598. The number of aryl methyl sites for hydroxylation is 1. The molecule has 0 radical (unpaired) electrons. The van der Waals surface area contributed by atoms with Gasteiger partial charge in [-0.25, -0.2) is 0 Å². The first-order valence-electron chi connectivity index (χ1n) is 7.85. The third-order valence-corrected chi connectivity index (χ3v) is 3.87. The van der Waals surface area contributed by atoms with Crippen molar-refractivity contribution in [3.05, 3.63) is 65.7 Å². The first kappa shape index (κ1) is 15.2. The SMILES string of the molecule is CCCc1ccc(-c2cc(-c3ccc(C(C)=O)cc3)no2)cc1. The second-order valence-corrected chi connectivity index (χ2v) is 5.66. The van der Waals surface area contributed by atoms with Crippen molar-refractivity contribution in [2.75, 3.05) is 0 Å². The molecular formula is C20H19NO2. The largest absolute Gasteiger partial charge is 0.356 e. The molecule has 1 heterocycles. The molecule has 0 N–H and O–H groups in total. The molecule has 116 valence electrons. The fourth-order valence-corrected chi connectivity index (χ4v) is 2.55. The Morgan fingerprint density at radius 2 is 1.65 bits per heavy atom. The van der Waals surface area contributed by atoms with Crippen LogP contribution in [0.3, 0.4) is 0 Å². The molecule has 1 aromatic heterocycles. The van der Waals surface area contributed by atoms with Crippen LogP contribution in [0.5, 0.6) is 0 Å². The van der Waals surface area contributed by atoms with Gasteiger partial charge in [0.1, 0.15) is 5.69 Å². The van der Waals surface area contributed by atoms with Gasteiger partial charge in [-0.2, -0.15) is 0 Å². The number of ketones is 1. The van der Waals surface area contributed by atoms with Gasteiger partial charge in [-0.3, -0.25) is 4.79 Å². The Labute approximate surface area is 135 Å². The predicted molar refractivity (Wildman–Crippen MR) is 91.4 cm³/mol. The smallest absolute Gasteiger partial charge is 0.167 e. The molecule has 3 aromatic rings. The Morgan fingerprint density at radius 1 is 1.00 bits per heavy atom. The van der Waals surface area contributed by atoms with Crippen LogP contribution in [-0.4, -0.2) is 10.9 Å². The number of aromatic nitrogens is 1. The first-order chi connectivity index (χ1) is 11.2. The van der Waals surface area contributed by atoms with Gasteiger partial charge in [0.05, 0.1) is 0 Å². The zero-order valence-corrected chi connectivity index (χ0v) is 13.4. The van der Waals surface area contributed by atoms with Crippen molar-refractivity contribution in [2.24, 2.45) is 0 Å². The quantitative estimate of drug-likeness (QED) is 0.611. The molecular weight excluding hydrogens is 286 g/mol. The minimum absolute atomic E-state index is 0.0598. The fraction of sp³-hybridized carbons (Fsp3) is 0.200. The molecule has 0 unspecified atom stereocenters. The highest BCUT2D eigenvalue weighted by Crippen LogP contribution is 2.26. The van der Waals surface area contributed by atoms with Gasteiger partial charge >= 0.3 is 0 Å². The van der Waals surface area contributed by atoms with Gasteiger partial charge in [-0.15, -0.1) is 0 Å². The molecule has 23 heavy (non-hydrogen) atoms. The molecule has 0 saturated carbocycles. The van der Waals surface area contributed by atoms with E-state index in [1.54, 1.807) is 6.92 Å². The summed E-state index contributed by atoms with van der Waals surface area (Å²) in [6.07, 6.45) is 2.23. The Bertz CT molecular complexity index is 798. The number of benzene rings is 2. The standard InChI is InChI=1S/C20H19NO2/c1-3-4-15-5-7-18(8-6-15)20-13-19(21-23-20)17-11-9-16(10-12-17)14(2)22/h5-13H,3-4H2,1-2H3. The third kappa shape index (κ3) is 3.39. The summed E-state index contributed by atoms with van der Waals surface area (Å²) in [7, 11) is 0. The van der Waals surface area contributed by atoms with Gasteiger partial charge in [0, 0.05) is 22.8 Å².